The maximum Gasteiger partial charge on any atom is 0.330 e. The van der Waals surface area contributed by atoms with E-state index in [1.165, 1.54) is 11.1 Å². The molecule has 2 N–H and O–H groups in total. The summed E-state index contributed by atoms with van der Waals surface area (Å²) in [7, 11) is 0. The first-order valence-corrected chi connectivity index (χ1v) is 6.11. The van der Waals surface area contributed by atoms with Gasteiger partial charge in [0.1, 0.15) is 0 Å². The summed E-state index contributed by atoms with van der Waals surface area (Å²) in [5, 5.41) is 16.7. The smallest absolute Gasteiger partial charge is 0.330 e. The van der Waals surface area contributed by atoms with E-state index in [0.717, 1.165) is 12.8 Å². The average molecular weight is 254 g/mol. The molecule has 0 aromatic rings. The van der Waals surface area contributed by atoms with Crippen molar-refractivity contribution in [2.75, 3.05) is 6.61 Å². The lowest BCUT2D eigenvalue weighted by Gasteiger charge is -1.96. The summed E-state index contributed by atoms with van der Waals surface area (Å²) in [6.45, 7) is 9.68. The zero-order valence-corrected chi connectivity index (χ0v) is 12.2. The van der Waals surface area contributed by atoms with E-state index in [0.29, 0.717) is 5.57 Å². The van der Waals surface area contributed by atoms with Crippen LogP contribution < -0.4 is 0 Å². The number of allylic oxidation sites excluding steroid dienone is 4. The molecule has 0 aromatic heterocycles. The number of rotatable bonds is 5. The van der Waals surface area contributed by atoms with Gasteiger partial charge in [-0.3, -0.25) is 0 Å². The van der Waals surface area contributed by atoms with Crippen LogP contribution in [-0.4, -0.2) is 22.8 Å². The highest BCUT2D eigenvalue weighted by Gasteiger charge is 1.93. The van der Waals surface area contributed by atoms with Gasteiger partial charge < -0.3 is 10.2 Å². The highest BCUT2D eigenvalue weighted by Crippen LogP contribution is 2.05. The molecule has 0 rings (SSSR count). The van der Waals surface area contributed by atoms with E-state index in [1.54, 1.807) is 19.9 Å². The summed E-state index contributed by atoms with van der Waals surface area (Å²) >= 11 is 0. The Hall–Kier alpha value is -1.35. The Bertz CT molecular complexity index is 319. The Labute approximate surface area is 111 Å². The van der Waals surface area contributed by atoms with Crippen LogP contribution in [0.5, 0.6) is 0 Å². The molecule has 3 heteroatoms. The fourth-order valence-electron chi connectivity index (χ4n) is 0.970. The predicted molar refractivity (Wildman–Crippen MR) is 76.6 cm³/mol. The van der Waals surface area contributed by atoms with Crippen LogP contribution in [0.4, 0.5) is 0 Å². The molecule has 0 atom stereocenters. The van der Waals surface area contributed by atoms with Gasteiger partial charge in [0.2, 0.25) is 0 Å². The molecule has 0 aliphatic heterocycles. The molecule has 104 valence electrons. The maximum atomic E-state index is 9.86. The van der Waals surface area contributed by atoms with Gasteiger partial charge in [-0.15, -0.1) is 0 Å². The zero-order valence-electron chi connectivity index (χ0n) is 12.2. The van der Waals surface area contributed by atoms with Gasteiger partial charge in [0.05, 0.1) is 6.61 Å². The number of aliphatic hydroxyl groups is 1. The van der Waals surface area contributed by atoms with E-state index in [-0.39, 0.29) is 6.61 Å². The molecule has 0 spiro atoms. The molecular weight excluding hydrogens is 228 g/mol. The minimum atomic E-state index is -0.845. The molecule has 0 aliphatic carbocycles. The van der Waals surface area contributed by atoms with Crippen molar-refractivity contribution in [3.63, 3.8) is 0 Å². The first-order valence-electron chi connectivity index (χ1n) is 6.11. The number of aliphatic carboxylic acids is 1. The highest BCUT2D eigenvalue weighted by atomic mass is 16.4. The minimum absolute atomic E-state index is 0.167. The van der Waals surface area contributed by atoms with E-state index in [2.05, 4.69) is 26.8 Å². The summed E-state index contributed by atoms with van der Waals surface area (Å²) in [4.78, 5) is 9.86. The van der Waals surface area contributed by atoms with Gasteiger partial charge in [-0.05, 0) is 47.5 Å². The molecule has 0 radical (unpaired) electrons. The quantitative estimate of drug-likeness (QED) is 0.581. The minimum Gasteiger partial charge on any atom is -0.478 e. The largest absolute Gasteiger partial charge is 0.478 e. The SMILES string of the molecule is C/C=C(\C)C(=O)O.CC(C)=CCC/C(C)=C/CO. The Balaban J connectivity index is 0. The Morgan fingerprint density at radius 1 is 1.11 bits per heavy atom. The van der Waals surface area contributed by atoms with E-state index in [4.69, 9.17) is 10.2 Å². The molecule has 0 saturated carbocycles. The lowest BCUT2D eigenvalue weighted by Crippen LogP contribution is -1.93. The van der Waals surface area contributed by atoms with Crippen molar-refractivity contribution in [3.8, 4) is 0 Å². The number of aliphatic hydroxyl groups excluding tert-OH is 1. The molecular formula is C15H26O3. The summed E-state index contributed by atoms with van der Waals surface area (Å²) in [6.07, 6.45) is 7.78. The standard InChI is InChI=1S/C10H18O.C5H8O2/c1-9(2)5-4-6-10(3)7-8-11;1-3-4(2)5(6)7/h5,7,11H,4,6,8H2,1-3H3;3H,1-2H3,(H,6,7)/b10-7+;4-3+. The molecule has 0 bridgehead atoms. The monoisotopic (exact) mass is 254 g/mol. The fraction of sp³-hybridized carbons (Fsp3) is 0.533. The third kappa shape index (κ3) is 14.6. The number of carboxylic acids is 1. The summed E-state index contributed by atoms with van der Waals surface area (Å²) in [6, 6.07) is 0. The van der Waals surface area contributed by atoms with Crippen LogP contribution in [0.1, 0.15) is 47.5 Å². The number of carbonyl (C=O) groups is 1. The lowest BCUT2D eigenvalue weighted by molar-refractivity contribution is -0.132. The van der Waals surface area contributed by atoms with Gasteiger partial charge >= 0.3 is 5.97 Å². The Morgan fingerprint density at radius 2 is 1.67 bits per heavy atom. The van der Waals surface area contributed by atoms with Crippen LogP contribution in [0.3, 0.4) is 0 Å². The van der Waals surface area contributed by atoms with Gasteiger partial charge in [-0.1, -0.05) is 29.4 Å². The van der Waals surface area contributed by atoms with Gasteiger partial charge in [-0.2, -0.15) is 0 Å². The predicted octanol–water partition coefficient (Wildman–Crippen LogP) is 3.71. The van der Waals surface area contributed by atoms with Crippen molar-refractivity contribution in [3.05, 3.63) is 34.9 Å². The second-order valence-corrected chi connectivity index (χ2v) is 4.33. The number of carboxylic acid groups (broad SMARTS) is 1. The maximum absolute atomic E-state index is 9.86. The molecule has 3 nitrogen and oxygen atoms in total. The van der Waals surface area contributed by atoms with Crippen LogP contribution in [-0.2, 0) is 4.79 Å². The van der Waals surface area contributed by atoms with Crippen LogP contribution >= 0.6 is 0 Å². The van der Waals surface area contributed by atoms with Gasteiger partial charge in [-0.25, -0.2) is 4.79 Å². The zero-order chi connectivity index (χ0) is 14.6. The third-order valence-corrected chi connectivity index (χ3v) is 2.30. The normalized spacial score (nSPS) is 11.4. The molecule has 0 amide bonds. The second kappa shape index (κ2) is 12.1. The van der Waals surface area contributed by atoms with E-state index in [1.807, 2.05) is 6.08 Å². The van der Waals surface area contributed by atoms with E-state index < -0.39 is 5.97 Å². The van der Waals surface area contributed by atoms with Gasteiger partial charge in [0.15, 0.2) is 0 Å². The first kappa shape index (κ1) is 19.0. The van der Waals surface area contributed by atoms with Crippen LogP contribution in [0.15, 0.2) is 34.9 Å². The molecule has 0 unspecified atom stereocenters. The van der Waals surface area contributed by atoms with Crippen molar-refractivity contribution >= 4 is 5.97 Å². The van der Waals surface area contributed by atoms with Crippen molar-refractivity contribution in [1.29, 1.82) is 0 Å². The summed E-state index contributed by atoms with van der Waals surface area (Å²) < 4.78 is 0. The first-order chi connectivity index (χ1) is 8.34. The highest BCUT2D eigenvalue weighted by molar-refractivity contribution is 5.85. The molecule has 0 saturated heterocycles. The van der Waals surface area contributed by atoms with Crippen molar-refractivity contribution in [1.82, 2.24) is 0 Å². The van der Waals surface area contributed by atoms with Crippen LogP contribution in [0, 0.1) is 0 Å². The lowest BCUT2D eigenvalue weighted by atomic mass is 10.1. The van der Waals surface area contributed by atoms with Crippen LogP contribution in [0.25, 0.3) is 0 Å². The number of hydrogen-bond acceptors (Lipinski definition) is 2. The Kier molecular flexibility index (Phi) is 12.8. The molecule has 18 heavy (non-hydrogen) atoms. The average Bonchev–Trinajstić information content (AvgIpc) is 2.28. The molecule has 0 aliphatic rings. The second-order valence-electron chi connectivity index (χ2n) is 4.33. The van der Waals surface area contributed by atoms with Gasteiger partial charge in [0, 0.05) is 5.57 Å². The number of hydrogen-bond donors (Lipinski definition) is 2. The van der Waals surface area contributed by atoms with E-state index in [9.17, 15) is 4.79 Å². The van der Waals surface area contributed by atoms with Crippen molar-refractivity contribution in [2.45, 2.75) is 47.5 Å². The molecule has 0 heterocycles. The summed E-state index contributed by atoms with van der Waals surface area (Å²) in [5.41, 5.74) is 3.02. The summed E-state index contributed by atoms with van der Waals surface area (Å²) in [5.74, 6) is -0.845. The fourth-order valence-corrected chi connectivity index (χ4v) is 0.970. The molecule has 0 fully saturated rings. The van der Waals surface area contributed by atoms with Crippen molar-refractivity contribution in [2.24, 2.45) is 0 Å². The van der Waals surface area contributed by atoms with Gasteiger partial charge in [0.25, 0.3) is 0 Å². The third-order valence-electron chi connectivity index (χ3n) is 2.30. The van der Waals surface area contributed by atoms with Crippen LogP contribution in [0.2, 0.25) is 0 Å². The molecule has 0 aromatic carbocycles. The topological polar surface area (TPSA) is 57.5 Å². The Morgan fingerprint density at radius 3 is 1.94 bits per heavy atom. The van der Waals surface area contributed by atoms with E-state index >= 15 is 0 Å². The van der Waals surface area contributed by atoms with Crippen molar-refractivity contribution < 1.29 is 15.0 Å².